The van der Waals surface area contributed by atoms with Crippen molar-refractivity contribution in [3.8, 4) is 5.75 Å². The maximum Gasteiger partial charge on any atom is 0.342 e. The Kier molecular flexibility index (Phi) is 6.17. The number of ether oxygens (including phenoxy) is 1. The molecule has 0 unspecified atom stereocenters. The molecule has 0 radical (unpaired) electrons. The number of hydrogen-bond acceptors (Lipinski definition) is 8. The summed E-state index contributed by atoms with van der Waals surface area (Å²) in [7, 11) is -4.19. The van der Waals surface area contributed by atoms with Crippen LogP contribution in [0, 0.1) is 13.8 Å². The number of para-hydroxylation sites is 1. The molecule has 1 N–H and O–H groups in total. The first-order chi connectivity index (χ1) is 14.3. The molecular weight excluding hydrogens is 412 g/mol. The van der Waals surface area contributed by atoms with E-state index < -0.39 is 28.6 Å². The summed E-state index contributed by atoms with van der Waals surface area (Å²) in [6.45, 7) is 2.79. The Morgan fingerprint density at radius 3 is 2.60 bits per heavy atom. The number of nitrogens with zero attached hydrogens (tertiary/aromatic N) is 1. The van der Waals surface area contributed by atoms with Gasteiger partial charge in [0.05, 0.1) is 0 Å². The predicted octanol–water partition coefficient (Wildman–Crippen LogP) is 2.85. The van der Waals surface area contributed by atoms with E-state index in [9.17, 15) is 18.0 Å². The molecule has 0 aliphatic rings. The van der Waals surface area contributed by atoms with Gasteiger partial charge >= 0.3 is 16.1 Å². The summed E-state index contributed by atoms with van der Waals surface area (Å²) in [5.74, 6) is -1.60. The Bertz CT molecular complexity index is 1170. The Labute approximate surface area is 172 Å². The van der Waals surface area contributed by atoms with Gasteiger partial charge in [0.25, 0.3) is 5.91 Å². The highest BCUT2D eigenvalue weighted by molar-refractivity contribution is 7.87. The number of nitrogens with one attached hydrogen (secondary N) is 1. The predicted molar refractivity (Wildman–Crippen MR) is 106 cm³/mol. The van der Waals surface area contributed by atoms with Crippen LogP contribution in [-0.2, 0) is 19.6 Å². The number of esters is 1. The molecule has 0 saturated heterocycles. The van der Waals surface area contributed by atoms with Crippen LogP contribution in [0.1, 0.15) is 21.5 Å². The number of anilines is 1. The Morgan fingerprint density at radius 2 is 1.87 bits per heavy atom. The zero-order valence-electron chi connectivity index (χ0n) is 16.1. The standard InChI is InChI=1S/C20H18N2O7S/c1-13-7-8-14(2)17(11-13)30(25,26)29-16-6-4-3-5-15(16)20(24)27-12-19(23)21-18-9-10-28-22-18/h3-11H,12H2,1-2H3,(H,21,22,23). The largest absolute Gasteiger partial charge is 0.452 e. The van der Waals surface area contributed by atoms with E-state index in [1.54, 1.807) is 26.0 Å². The van der Waals surface area contributed by atoms with E-state index in [1.165, 1.54) is 42.7 Å². The first-order valence-corrected chi connectivity index (χ1v) is 10.2. The summed E-state index contributed by atoms with van der Waals surface area (Å²) in [5, 5.41) is 5.87. The zero-order chi connectivity index (χ0) is 21.7. The van der Waals surface area contributed by atoms with Crippen LogP contribution in [0.3, 0.4) is 0 Å². The summed E-state index contributed by atoms with van der Waals surface area (Å²) in [6.07, 6.45) is 1.27. The van der Waals surface area contributed by atoms with Crippen molar-refractivity contribution in [2.75, 3.05) is 11.9 Å². The molecule has 0 bridgehead atoms. The van der Waals surface area contributed by atoms with E-state index in [4.69, 9.17) is 8.92 Å². The second-order valence-electron chi connectivity index (χ2n) is 6.31. The third kappa shape index (κ3) is 5.03. The van der Waals surface area contributed by atoms with Gasteiger partial charge in [-0.05, 0) is 43.2 Å². The normalized spacial score (nSPS) is 11.0. The average Bonchev–Trinajstić information content (AvgIpc) is 3.21. The van der Waals surface area contributed by atoms with Gasteiger partial charge in [-0.1, -0.05) is 29.4 Å². The van der Waals surface area contributed by atoms with Gasteiger partial charge in [-0.25, -0.2) is 4.79 Å². The highest BCUT2D eigenvalue weighted by Gasteiger charge is 2.23. The monoisotopic (exact) mass is 430 g/mol. The van der Waals surface area contributed by atoms with Gasteiger partial charge in [0, 0.05) is 6.07 Å². The number of aromatic nitrogens is 1. The minimum atomic E-state index is -4.19. The molecule has 3 rings (SSSR count). The molecule has 1 amide bonds. The molecule has 9 nitrogen and oxygen atoms in total. The molecule has 0 aliphatic carbocycles. The van der Waals surface area contributed by atoms with E-state index in [0.29, 0.717) is 5.56 Å². The summed E-state index contributed by atoms with van der Waals surface area (Å²) < 4.78 is 40.2. The maximum atomic E-state index is 12.7. The lowest BCUT2D eigenvalue weighted by Gasteiger charge is -2.13. The molecule has 1 aromatic heterocycles. The van der Waals surface area contributed by atoms with Crippen LogP contribution in [0.4, 0.5) is 5.82 Å². The van der Waals surface area contributed by atoms with E-state index in [-0.39, 0.29) is 22.0 Å². The summed E-state index contributed by atoms with van der Waals surface area (Å²) in [4.78, 5) is 24.2. The van der Waals surface area contributed by atoms with Crippen LogP contribution in [0.2, 0.25) is 0 Å². The number of benzene rings is 2. The Balaban J connectivity index is 1.74. The minimum Gasteiger partial charge on any atom is -0.452 e. The molecule has 0 aliphatic heterocycles. The van der Waals surface area contributed by atoms with Crippen LogP contribution >= 0.6 is 0 Å². The van der Waals surface area contributed by atoms with Crippen molar-refractivity contribution in [3.05, 3.63) is 71.5 Å². The molecule has 0 fully saturated rings. The molecule has 2 aromatic carbocycles. The molecule has 0 spiro atoms. The summed E-state index contributed by atoms with van der Waals surface area (Å²) in [5.41, 5.74) is 1.11. The molecule has 30 heavy (non-hydrogen) atoms. The second-order valence-corrected chi connectivity index (χ2v) is 7.83. The lowest BCUT2D eigenvalue weighted by Crippen LogP contribution is -2.21. The van der Waals surface area contributed by atoms with Crippen molar-refractivity contribution in [1.29, 1.82) is 0 Å². The van der Waals surface area contributed by atoms with Gasteiger partial charge in [0.2, 0.25) is 0 Å². The molecule has 0 saturated carbocycles. The Morgan fingerprint density at radius 1 is 1.10 bits per heavy atom. The van der Waals surface area contributed by atoms with Crippen molar-refractivity contribution >= 4 is 27.8 Å². The van der Waals surface area contributed by atoms with E-state index >= 15 is 0 Å². The number of amides is 1. The van der Waals surface area contributed by atoms with Gasteiger partial charge in [-0.2, -0.15) is 8.42 Å². The molecule has 3 aromatic rings. The van der Waals surface area contributed by atoms with Gasteiger partial charge < -0.3 is 18.8 Å². The van der Waals surface area contributed by atoms with E-state index in [1.807, 2.05) is 0 Å². The number of hydrogen-bond donors (Lipinski definition) is 1. The second kappa shape index (κ2) is 8.78. The lowest BCUT2D eigenvalue weighted by atomic mass is 10.2. The van der Waals surface area contributed by atoms with Crippen molar-refractivity contribution in [3.63, 3.8) is 0 Å². The maximum absolute atomic E-state index is 12.7. The first kappa shape index (κ1) is 21.1. The number of aryl methyl sites for hydroxylation is 2. The fourth-order valence-corrected chi connectivity index (χ4v) is 3.78. The van der Waals surface area contributed by atoms with Gasteiger partial charge in [0.1, 0.15) is 16.7 Å². The Hall–Kier alpha value is -3.66. The molecular formula is C20H18N2O7S. The molecule has 0 atom stereocenters. The van der Waals surface area contributed by atoms with Crippen molar-refractivity contribution in [1.82, 2.24) is 5.16 Å². The molecule has 1 heterocycles. The highest BCUT2D eigenvalue weighted by atomic mass is 32.2. The third-order valence-corrected chi connectivity index (χ3v) is 5.34. The average molecular weight is 430 g/mol. The highest BCUT2D eigenvalue weighted by Crippen LogP contribution is 2.26. The smallest absolute Gasteiger partial charge is 0.342 e. The SMILES string of the molecule is Cc1ccc(C)c(S(=O)(=O)Oc2ccccc2C(=O)OCC(=O)Nc2ccon2)c1. The molecule has 156 valence electrons. The van der Waals surface area contributed by atoms with Crippen LogP contribution in [0.5, 0.6) is 5.75 Å². The van der Waals surface area contributed by atoms with Crippen LogP contribution < -0.4 is 9.50 Å². The topological polar surface area (TPSA) is 125 Å². The number of carbonyl (C=O) groups is 2. The van der Waals surface area contributed by atoms with Crippen LogP contribution in [0.15, 0.2) is 64.2 Å². The van der Waals surface area contributed by atoms with E-state index in [0.717, 1.165) is 5.56 Å². The lowest BCUT2D eigenvalue weighted by molar-refractivity contribution is -0.119. The third-order valence-electron chi connectivity index (χ3n) is 3.96. The van der Waals surface area contributed by atoms with Gasteiger partial charge in [-0.3, -0.25) is 4.79 Å². The van der Waals surface area contributed by atoms with Crippen LogP contribution in [-0.4, -0.2) is 32.1 Å². The van der Waals surface area contributed by atoms with Crippen molar-refractivity contribution in [2.45, 2.75) is 18.7 Å². The quantitative estimate of drug-likeness (QED) is 0.448. The fraction of sp³-hybridized carbons (Fsp3) is 0.150. The summed E-state index contributed by atoms with van der Waals surface area (Å²) in [6, 6.07) is 12.1. The van der Waals surface area contributed by atoms with E-state index in [2.05, 4.69) is 15.0 Å². The summed E-state index contributed by atoms with van der Waals surface area (Å²) >= 11 is 0. The number of carbonyl (C=O) groups excluding carboxylic acids is 2. The molecule has 10 heteroatoms. The number of rotatable bonds is 7. The van der Waals surface area contributed by atoms with Gasteiger partial charge in [0.15, 0.2) is 18.2 Å². The van der Waals surface area contributed by atoms with Crippen molar-refractivity contribution < 1.29 is 31.4 Å². The zero-order valence-corrected chi connectivity index (χ0v) is 16.9. The fourth-order valence-electron chi connectivity index (χ4n) is 2.51. The van der Waals surface area contributed by atoms with Crippen molar-refractivity contribution in [2.24, 2.45) is 0 Å². The van der Waals surface area contributed by atoms with Gasteiger partial charge in [-0.15, -0.1) is 0 Å². The van der Waals surface area contributed by atoms with Crippen LogP contribution in [0.25, 0.3) is 0 Å². The minimum absolute atomic E-state index is 0.00217. The first-order valence-electron chi connectivity index (χ1n) is 8.74.